The molecule has 0 saturated heterocycles. The Morgan fingerprint density at radius 3 is 2.60 bits per heavy atom. The Labute approximate surface area is 114 Å². The van der Waals surface area contributed by atoms with E-state index < -0.39 is 28.0 Å². The van der Waals surface area contributed by atoms with Crippen LogP contribution < -0.4 is 0 Å². The number of rotatable bonds is 6. The molecule has 0 radical (unpaired) electrons. The molecule has 1 rings (SSSR count). The molecule has 0 saturated carbocycles. The third kappa shape index (κ3) is 3.47. The highest BCUT2D eigenvalue weighted by Crippen LogP contribution is 2.23. The first-order valence-corrected chi connectivity index (χ1v) is 5.69. The summed E-state index contributed by atoms with van der Waals surface area (Å²) in [5.41, 5.74) is -1.39. The SMILES string of the molecule is CCO/C=C(/C(C)=O)C(=O)c1ccc(F)cc1[N+](=O)[O-]. The van der Waals surface area contributed by atoms with Crippen molar-refractivity contribution in [1.29, 1.82) is 0 Å². The van der Waals surface area contributed by atoms with Gasteiger partial charge in [-0.3, -0.25) is 19.7 Å². The average Bonchev–Trinajstić information content (AvgIpc) is 2.38. The van der Waals surface area contributed by atoms with E-state index >= 15 is 0 Å². The average molecular weight is 281 g/mol. The van der Waals surface area contributed by atoms with E-state index in [2.05, 4.69) is 0 Å². The highest BCUT2D eigenvalue weighted by Gasteiger charge is 2.26. The van der Waals surface area contributed by atoms with Crippen molar-refractivity contribution < 1.29 is 23.6 Å². The number of Topliss-reactive ketones (excluding diaryl/α,β-unsaturated/α-hetero) is 2. The number of nitrogens with zero attached hydrogens (tertiary/aromatic N) is 1. The molecule has 7 heteroatoms. The summed E-state index contributed by atoms with van der Waals surface area (Å²) < 4.78 is 17.9. The van der Waals surface area contributed by atoms with Crippen LogP contribution in [0, 0.1) is 15.9 Å². The number of ether oxygens (including phenoxy) is 1. The van der Waals surface area contributed by atoms with Gasteiger partial charge in [0.05, 0.1) is 29.4 Å². The molecule has 0 aromatic heterocycles. The van der Waals surface area contributed by atoms with Crippen LogP contribution in [0.4, 0.5) is 10.1 Å². The molecule has 0 spiro atoms. The Bertz CT molecular complexity index is 594. The van der Waals surface area contributed by atoms with Gasteiger partial charge in [0.25, 0.3) is 5.69 Å². The van der Waals surface area contributed by atoms with Crippen molar-refractivity contribution in [3.05, 3.63) is 51.5 Å². The predicted molar refractivity (Wildman–Crippen MR) is 67.8 cm³/mol. The molecule has 0 bridgehead atoms. The van der Waals surface area contributed by atoms with Gasteiger partial charge in [-0.15, -0.1) is 0 Å². The Hall–Kier alpha value is -2.57. The summed E-state index contributed by atoms with van der Waals surface area (Å²) in [5, 5.41) is 10.8. The monoisotopic (exact) mass is 281 g/mol. The molecule has 20 heavy (non-hydrogen) atoms. The molecule has 0 unspecified atom stereocenters. The van der Waals surface area contributed by atoms with E-state index in [0.29, 0.717) is 6.07 Å². The largest absolute Gasteiger partial charge is 0.501 e. The lowest BCUT2D eigenvalue weighted by atomic mass is 10.00. The van der Waals surface area contributed by atoms with Crippen molar-refractivity contribution in [2.45, 2.75) is 13.8 Å². The van der Waals surface area contributed by atoms with Crippen molar-refractivity contribution in [2.24, 2.45) is 0 Å². The van der Waals surface area contributed by atoms with Gasteiger partial charge in [0.1, 0.15) is 11.4 Å². The van der Waals surface area contributed by atoms with Crippen LogP contribution in [-0.4, -0.2) is 23.1 Å². The van der Waals surface area contributed by atoms with Gasteiger partial charge in [0, 0.05) is 0 Å². The number of nitro groups is 1. The molecule has 0 fully saturated rings. The molecule has 106 valence electrons. The quantitative estimate of drug-likeness (QED) is 0.152. The third-order valence-corrected chi connectivity index (χ3v) is 2.39. The van der Waals surface area contributed by atoms with E-state index in [4.69, 9.17) is 4.74 Å². The van der Waals surface area contributed by atoms with Gasteiger partial charge in [-0.25, -0.2) is 4.39 Å². The summed E-state index contributed by atoms with van der Waals surface area (Å²) in [6.45, 7) is 3.02. The minimum absolute atomic E-state index is 0.232. The molecule has 0 N–H and O–H groups in total. The molecule has 0 aliphatic heterocycles. The van der Waals surface area contributed by atoms with E-state index in [1.54, 1.807) is 6.92 Å². The zero-order valence-electron chi connectivity index (χ0n) is 10.9. The van der Waals surface area contributed by atoms with Crippen molar-refractivity contribution in [3.63, 3.8) is 0 Å². The van der Waals surface area contributed by atoms with Crippen LogP contribution >= 0.6 is 0 Å². The normalized spacial score (nSPS) is 11.1. The summed E-state index contributed by atoms with van der Waals surface area (Å²) in [6, 6.07) is 2.52. The highest BCUT2D eigenvalue weighted by atomic mass is 19.1. The number of nitro benzene ring substituents is 1. The first-order chi connectivity index (χ1) is 9.38. The molecule has 0 atom stereocenters. The van der Waals surface area contributed by atoms with Crippen molar-refractivity contribution in [2.75, 3.05) is 6.61 Å². The molecule has 0 heterocycles. The maximum Gasteiger partial charge on any atom is 0.283 e. The first kappa shape index (κ1) is 15.5. The summed E-state index contributed by atoms with van der Waals surface area (Å²) in [6.07, 6.45) is 0.956. The van der Waals surface area contributed by atoms with Crippen molar-refractivity contribution in [1.82, 2.24) is 0 Å². The molecule has 0 amide bonds. The van der Waals surface area contributed by atoms with Crippen LogP contribution in [0.2, 0.25) is 0 Å². The van der Waals surface area contributed by atoms with E-state index in [0.717, 1.165) is 25.3 Å². The topological polar surface area (TPSA) is 86.5 Å². The lowest BCUT2D eigenvalue weighted by molar-refractivity contribution is -0.385. The van der Waals surface area contributed by atoms with E-state index in [-0.39, 0.29) is 17.7 Å². The van der Waals surface area contributed by atoms with E-state index in [1.165, 1.54) is 0 Å². The maximum atomic E-state index is 13.0. The first-order valence-electron chi connectivity index (χ1n) is 5.69. The van der Waals surface area contributed by atoms with Gasteiger partial charge in [-0.05, 0) is 26.0 Å². The van der Waals surface area contributed by atoms with E-state index in [9.17, 15) is 24.1 Å². The number of ketones is 2. The molecule has 6 nitrogen and oxygen atoms in total. The number of halogens is 1. The Morgan fingerprint density at radius 1 is 1.45 bits per heavy atom. The molecular weight excluding hydrogens is 269 g/mol. The fourth-order valence-corrected chi connectivity index (χ4v) is 1.46. The minimum atomic E-state index is -0.880. The second-order valence-electron chi connectivity index (χ2n) is 3.79. The second kappa shape index (κ2) is 6.55. The molecule has 1 aromatic rings. The van der Waals surface area contributed by atoms with E-state index in [1.807, 2.05) is 0 Å². The van der Waals surface area contributed by atoms with Gasteiger partial charge in [-0.2, -0.15) is 0 Å². The van der Waals surface area contributed by atoms with Crippen LogP contribution in [-0.2, 0) is 9.53 Å². The Kier molecular flexibility index (Phi) is 5.08. The number of carbonyl (C=O) groups is 2. The molecular formula is C13H12FNO5. The molecule has 0 aliphatic carbocycles. The Balaban J connectivity index is 3.32. The van der Waals surface area contributed by atoms with Crippen LogP contribution in [0.15, 0.2) is 30.0 Å². The zero-order valence-corrected chi connectivity index (χ0v) is 10.9. The maximum absolute atomic E-state index is 13.0. The van der Waals surface area contributed by atoms with Crippen LogP contribution in [0.1, 0.15) is 24.2 Å². The second-order valence-corrected chi connectivity index (χ2v) is 3.79. The Morgan fingerprint density at radius 2 is 2.10 bits per heavy atom. The fourth-order valence-electron chi connectivity index (χ4n) is 1.46. The fraction of sp³-hybridized carbons (Fsp3) is 0.231. The van der Waals surface area contributed by atoms with Gasteiger partial charge >= 0.3 is 0 Å². The summed E-state index contributed by atoms with van der Waals surface area (Å²) >= 11 is 0. The molecule has 1 aromatic carbocycles. The number of benzene rings is 1. The number of allylic oxidation sites excluding steroid dienone is 1. The third-order valence-electron chi connectivity index (χ3n) is 2.39. The molecule has 0 aliphatic rings. The summed E-state index contributed by atoms with van der Waals surface area (Å²) in [7, 11) is 0. The van der Waals surface area contributed by atoms with Gasteiger partial charge in [0.15, 0.2) is 5.78 Å². The predicted octanol–water partition coefficient (Wildman–Crippen LogP) is 2.43. The van der Waals surface area contributed by atoms with Crippen molar-refractivity contribution in [3.8, 4) is 0 Å². The van der Waals surface area contributed by atoms with Crippen LogP contribution in [0.25, 0.3) is 0 Å². The van der Waals surface area contributed by atoms with Crippen LogP contribution in [0.5, 0.6) is 0 Å². The highest BCUT2D eigenvalue weighted by molar-refractivity contribution is 6.26. The standard InChI is InChI=1S/C13H12FNO5/c1-3-20-7-11(8(2)16)13(17)10-5-4-9(14)6-12(10)15(18)19/h4-7H,3H2,1-2H3/b11-7-. The van der Waals surface area contributed by atoms with Crippen LogP contribution in [0.3, 0.4) is 0 Å². The van der Waals surface area contributed by atoms with Crippen molar-refractivity contribution >= 4 is 17.3 Å². The number of hydrogen-bond acceptors (Lipinski definition) is 5. The summed E-state index contributed by atoms with van der Waals surface area (Å²) in [5.74, 6) is -2.31. The van der Waals surface area contributed by atoms with Gasteiger partial charge in [-0.1, -0.05) is 0 Å². The number of carbonyl (C=O) groups excluding carboxylic acids is 2. The zero-order chi connectivity index (χ0) is 15.3. The smallest absolute Gasteiger partial charge is 0.283 e. The minimum Gasteiger partial charge on any atom is -0.501 e. The van der Waals surface area contributed by atoms with Gasteiger partial charge < -0.3 is 4.74 Å². The lowest BCUT2D eigenvalue weighted by Crippen LogP contribution is -2.13. The summed E-state index contributed by atoms with van der Waals surface area (Å²) in [4.78, 5) is 33.5. The number of hydrogen-bond donors (Lipinski definition) is 0. The lowest BCUT2D eigenvalue weighted by Gasteiger charge is -2.05. The van der Waals surface area contributed by atoms with Gasteiger partial charge in [0.2, 0.25) is 5.78 Å².